The van der Waals surface area contributed by atoms with Gasteiger partial charge in [-0.1, -0.05) is 64.6 Å². The van der Waals surface area contributed by atoms with Crippen molar-refractivity contribution < 1.29 is 24.7 Å². The number of nitro benzene ring substituents is 1. The molecule has 4 aromatic carbocycles. The number of nitrogens with zero attached hydrogens (tertiary/aromatic N) is 2. The first-order valence-electron chi connectivity index (χ1n) is 11.6. The van der Waals surface area contributed by atoms with Crippen molar-refractivity contribution in [1.29, 1.82) is 5.26 Å². The number of hydrogen-bond donors (Lipinski definition) is 6. The fraction of sp³-hybridized carbons (Fsp3) is 0. The number of aromatic hydroxyl groups is 2. The van der Waals surface area contributed by atoms with Crippen LogP contribution in [0.5, 0.6) is 11.5 Å². The molecule has 0 heterocycles. The van der Waals surface area contributed by atoms with Gasteiger partial charge in [0, 0.05) is 12.1 Å². The quantitative estimate of drug-likeness (QED) is 0.0700. The summed E-state index contributed by atoms with van der Waals surface area (Å²) >= 11 is 23.5. The van der Waals surface area contributed by atoms with Crippen molar-refractivity contribution in [3.63, 3.8) is 0 Å². The Morgan fingerprint density at radius 2 is 1.19 bits per heavy atom. The number of carbonyl (C=O) groups excluding carboxylic acids is 2. The molecule has 220 valence electrons. The van der Waals surface area contributed by atoms with Crippen molar-refractivity contribution in [3.05, 3.63) is 109 Å². The van der Waals surface area contributed by atoms with Crippen molar-refractivity contribution in [3.8, 4) is 17.6 Å². The number of carbonyl (C=O) groups is 2. The number of phenols is 2. The van der Waals surface area contributed by atoms with Gasteiger partial charge in [0.2, 0.25) is 0 Å². The Balaban J connectivity index is 0.000000236. The van der Waals surface area contributed by atoms with Gasteiger partial charge in [-0.2, -0.15) is 5.26 Å². The summed E-state index contributed by atoms with van der Waals surface area (Å²) in [6.45, 7) is 0. The highest BCUT2D eigenvalue weighted by atomic mass is 35.5. The van der Waals surface area contributed by atoms with Gasteiger partial charge in [0.25, 0.3) is 5.69 Å². The predicted octanol–water partition coefficient (Wildman–Crippen LogP) is 8.47. The standard InChI is InChI=1S/C14H9Cl2N3O2.C13H9Cl2N3O4/c15-9-4-2-5-10(12(9)16)18-14(21)19-11-6-1-3-8(7-17)13(11)20;14-8-2-1-3-9(12(8)15)16-13(20)17-10-6-7(18(21)22)4-5-11(10)19/h1-6,20H,(H2,18,19,21);1-6,19H,(H2,16,17,20). The Hall–Kier alpha value is -4.93. The van der Waals surface area contributed by atoms with Gasteiger partial charge in [-0.3, -0.25) is 10.1 Å². The molecule has 0 unspecified atom stereocenters. The van der Waals surface area contributed by atoms with E-state index in [-0.39, 0.29) is 54.9 Å². The van der Waals surface area contributed by atoms with Gasteiger partial charge >= 0.3 is 12.1 Å². The molecular weight excluding hydrogens is 646 g/mol. The zero-order chi connectivity index (χ0) is 31.7. The van der Waals surface area contributed by atoms with Crippen LogP contribution in [-0.2, 0) is 0 Å². The lowest BCUT2D eigenvalue weighted by atomic mass is 10.2. The van der Waals surface area contributed by atoms with Crippen LogP contribution < -0.4 is 21.3 Å². The Labute approximate surface area is 263 Å². The third kappa shape index (κ3) is 8.78. The Bertz CT molecular complexity index is 1750. The van der Waals surface area contributed by atoms with Crippen LogP contribution in [0.2, 0.25) is 20.1 Å². The van der Waals surface area contributed by atoms with Crippen LogP contribution in [0.15, 0.2) is 72.8 Å². The minimum atomic E-state index is -0.736. The van der Waals surface area contributed by atoms with Gasteiger partial charge in [0.05, 0.1) is 53.3 Å². The molecule has 0 radical (unpaired) electrons. The molecule has 0 aliphatic heterocycles. The Morgan fingerprint density at radius 1 is 0.721 bits per heavy atom. The normalized spacial score (nSPS) is 9.93. The van der Waals surface area contributed by atoms with E-state index in [1.165, 1.54) is 18.2 Å². The van der Waals surface area contributed by atoms with E-state index in [9.17, 15) is 29.9 Å². The lowest BCUT2D eigenvalue weighted by molar-refractivity contribution is -0.384. The van der Waals surface area contributed by atoms with E-state index in [2.05, 4.69) is 21.3 Å². The molecule has 43 heavy (non-hydrogen) atoms. The number of urea groups is 2. The second-order valence-electron chi connectivity index (χ2n) is 8.13. The molecule has 4 aromatic rings. The second kappa shape index (κ2) is 14.8. The van der Waals surface area contributed by atoms with E-state index < -0.39 is 17.0 Å². The van der Waals surface area contributed by atoms with Gasteiger partial charge in [-0.15, -0.1) is 0 Å². The first kappa shape index (κ1) is 32.6. The number of para-hydroxylation sites is 1. The van der Waals surface area contributed by atoms with Crippen molar-refractivity contribution in [2.45, 2.75) is 0 Å². The van der Waals surface area contributed by atoms with Crippen LogP contribution in [0.1, 0.15) is 5.56 Å². The van der Waals surface area contributed by atoms with E-state index in [4.69, 9.17) is 51.7 Å². The fourth-order valence-corrected chi connectivity index (χ4v) is 3.92. The number of non-ortho nitro benzene ring substituents is 1. The molecule has 4 rings (SSSR count). The SMILES string of the molecule is N#Cc1cccc(NC(=O)Nc2cccc(Cl)c2Cl)c1O.O=C(Nc1cc([N+](=O)[O-])ccc1O)Nc1cccc(Cl)c1Cl. The lowest BCUT2D eigenvalue weighted by Gasteiger charge is -2.11. The Kier molecular flexibility index (Phi) is 11.2. The predicted molar refractivity (Wildman–Crippen MR) is 166 cm³/mol. The summed E-state index contributed by atoms with van der Waals surface area (Å²) in [6.07, 6.45) is 0. The summed E-state index contributed by atoms with van der Waals surface area (Å²) in [5.41, 5.74) is 0.395. The summed E-state index contributed by atoms with van der Waals surface area (Å²) in [6, 6.07) is 17.7. The number of benzene rings is 4. The number of hydrogen-bond acceptors (Lipinski definition) is 7. The fourth-order valence-electron chi connectivity index (χ4n) is 3.22. The molecule has 4 amide bonds. The monoisotopic (exact) mass is 662 g/mol. The molecule has 16 heteroatoms. The molecule has 6 N–H and O–H groups in total. The number of nitriles is 1. The van der Waals surface area contributed by atoms with E-state index in [0.29, 0.717) is 10.7 Å². The lowest BCUT2D eigenvalue weighted by Crippen LogP contribution is -2.19. The molecule has 0 aliphatic rings. The molecule has 0 atom stereocenters. The number of nitro groups is 1. The maximum atomic E-state index is 11.9. The molecule has 12 nitrogen and oxygen atoms in total. The highest BCUT2D eigenvalue weighted by molar-refractivity contribution is 6.44. The summed E-state index contributed by atoms with van der Waals surface area (Å²) in [7, 11) is 0. The topological polar surface area (TPSA) is 190 Å². The third-order valence-electron chi connectivity index (χ3n) is 5.24. The zero-order valence-electron chi connectivity index (χ0n) is 21.4. The summed E-state index contributed by atoms with van der Waals surface area (Å²) in [5, 5.41) is 49.5. The van der Waals surface area contributed by atoms with Crippen LogP contribution >= 0.6 is 46.4 Å². The second-order valence-corrected chi connectivity index (χ2v) is 9.70. The van der Waals surface area contributed by atoms with Crippen molar-refractivity contribution in [1.82, 2.24) is 0 Å². The summed E-state index contributed by atoms with van der Waals surface area (Å²) < 4.78 is 0. The van der Waals surface area contributed by atoms with Gasteiger partial charge in [-0.25, -0.2) is 9.59 Å². The first-order chi connectivity index (χ1) is 20.4. The van der Waals surface area contributed by atoms with Crippen molar-refractivity contribution in [2.24, 2.45) is 0 Å². The number of nitrogens with one attached hydrogen (secondary N) is 4. The molecule has 0 aliphatic carbocycles. The molecule has 0 saturated carbocycles. The summed E-state index contributed by atoms with van der Waals surface area (Å²) in [5.74, 6) is -0.606. The van der Waals surface area contributed by atoms with Gasteiger partial charge in [-0.05, 0) is 42.5 Å². The van der Waals surface area contributed by atoms with Crippen LogP contribution in [0.25, 0.3) is 0 Å². The van der Waals surface area contributed by atoms with E-state index in [1.54, 1.807) is 36.4 Å². The molecular formula is C27H18Cl4N6O6. The number of phenolic OH excluding ortho intramolecular Hbond substituents is 2. The van der Waals surface area contributed by atoms with Gasteiger partial charge < -0.3 is 31.5 Å². The molecule has 0 spiro atoms. The van der Waals surface area contributed by atoms with Crippen LogP contribution in [0, 0.1) is 21.4 Å². The maximum absolute atomic E-state index is 11.9. The molecule has 0 fully saturated rings. The number of anilines is 4. The first-order valence-corrected chi connectivity index (χ1v) is 13.2. The van der Waals surface area contributed by atoms with Crippen molar-refractivity contribution >= 4 is 86.9 Å². The smallest absolute Gasteiger partial charge is 0.323 e. The molecule has 0 saturated heterocycles. The zero-order valence-corrected chi connectivity index (χ0v) is 24.4. The van der Waals surface area contributed by atoms with E-state index >= 15 is 0 Å². The minimum Gasteiger partial charge on any atom is -0.506 e. The third-order valence-corrected chi connectivity index (χ3v) is 6.88. The molecule has 0 bridgehead atoms. The number of rotatable bonds is 5. The van der Waals surface area contributed by atoms with Gasteiger partial charge in [0.1, 0.15) is 11.8 Å². The average Bonchev–Trinajstić information content (AvgIpc) is 2.96. The largest absolute Gasteiger partial charge is 0.506 e. The highest BCUT2D eigenvalue weighted by Crippen LogP contribution is 2.32. The highest BCUT2D eigenvalue weighted by Gasteiger charge is 2.15. The minimum absolute atomic E-state index is 0.0635. The average molecular weight is 664 g/mol. The number of amides is 4. The molecule has 0 aromatic heterocycles. The summed E-state index contributed by atoms with van der Waals surface area (Å²) in [4.78, 5) is 33.8. The van der Waals surface area contributed by atoms with E-state index in [0.717, 1.165) is 18.2 Å². The maximum Gasteiger partial charge on any atom is 0.323 e. The van der Waals surface area contributed by atoms with Crippen molar-refractivity contribution in [2.75, 3.05) is 21.3 Å². The Morgan fingerprint density at radius 3 is 1.70 bits per heavy atom. The van der Waals surface area contributed by atoms with Crippen LogP contribution in [0.3, 0.4) is 0 Å². The van der Waals surface area contributed by atoms with Crippen LogP contribution in [0.4, 0.5) is 38.0 Å². The number of halogens is 4. The van der Waals surface area contributed by atoms with Crippen LogP contribution in [-0.4, -0.2) is 27.2 Å². The van der Waals surface area contributed by atoms with E-state index in [1.807, 2.05) is 6.07 Å². The van der Waals surface area contributed by atoms with Gasteiger partial charge in [0.15, 0.2) is 5.75 Å².